The molecule has 0 radical (unpaired) electrons. The molecular formula is C10H7BrF2N2O. The van der Waals surface area contributed by atoms with Gasteiger partial charge in [-0.1, -0.05) is 0 Å². The fourth-order valence-electron chi connectivity index (χ4n) is 1.46. The number of H-pyrrole nitrogens is 1. The Kier molecular flexibility index (Phi) is 2.77. The lowest BCUT2D eigenvalue weighted by molar-refractivity contribution is 0.609. The Balaban J connectivity index is 2.96. The molecule has 84 valence electrons. The molecule has 1 aromatic carbocycles. The molecule has 0 amide bonds. The van der Waals surface area contributed by atoms with Gasteiger partial charge in [-0.3, -0.25) is 4.79 Å². The van der Waals surface area contributed by atoms with Crippen molar-refractivity contribution in [2.45, 2.75) is 6.54 Å². The first-order valence-electron chi connectivity index (χ1n) is 4.44. The summed E-state index contributed by atoms with van der Waals surface area (Å²) in [4.78, 5) is 13.7. The molecule has 3 N–H and O–H groups in total. The van der Waals surface area contributed by atoms with Gasteiger partial charge in [0.1, 0.15) is 11.6 Å². The molecule has 0 fully saturated rings. The molecule has 16 heavy (non-hydrogen) atoms. The van der Waals surface area contributed by atoms with Crippen molar-refractivity contribution < 1.29 is 8.78 Å². The molecule has 2 rings (SSSR count). The molecule has 0 aliphatic rings. The fourth-order valence-corrected chi connectivity index (χ4v) is 1.88. The van der Waals surface area contributed by atoms with Crippen molar-refractivity contribution in [1.82, 2.24) is 4.98 Å². The van der Waals surface area contributed by atoms with Crippen LogP contribution in [0.1, 0.15) is 5.56 Å². The number of rotatable bonds is 1. The molecule has 2 aromatic rings. The summed E-state index contributed by atoms with van der Waals surface area (Å²) in [5.41, 5.74) is 4.88. The number of benzene rings is 1. The average molecular weight is 289 g/mol. The molecule has 0 saturated heterocycles. The number of nitrogens with two attached hydrogens (primary N) is 1. The van der Waals surface area contributed by atoms with E-state index in [1.165, 1.54) is 6.07 Å². The molecule has 0 unspecified atom stereocenters. The van der Waals surface area contributed by atoms with Crippen molar-refractivity contribution in [3.63, 3.8) is 0 Å². The van der Waals surface area contributed by atoms with Crippen molar-refractivity contribution in [2.75, 3.05) is 0 Å². The molecule has 0 atom stereocenters. The lowest BCUT2D eigenvalue weighted by Gasteiger charge is -2.05. The van der Waals surface area contributed by atoms with E-state index in [1.807, 2.05) is 0 Å². The predicted molar refractivity (Wildman–Crippen MR) is 60.1 cm³/mol. The van der Waals surface area contributed by atoms with Crippen LogP contribution in [0.2, 0.25) is 0 Å². The van der Waals surface area contributed by atoms with Gasteiger partial charge < -0.3 is 10.7 Å². The van der Waals surface area contributed by atoms with Crippen molar-refractivity contribution in [3.05, 3.63) is 44.2 Å². The topological polar surface area (TPSA) is 58.9 Å². The summed E-state index contributed by atoms with van der Waals surface area (Å²) in [6.45, 7) is -0.0289. The quantitative estimate of drug-likeness (QED) is 0.789. The predicted octanol–water partition coefficient (Wildman–Crippen LogP) is 2.03. The fraction of sp³-hybridized carbons (Fsp3) is 0.100. The molecule has 1 aromatic heterocycles. The number of fused-ring (bicyclic) bond motifs is 1. The molecule has 6 heteroatoms. The maximum Gasteiger partial charge on any atom is 0.253 e. The van der Waals surface area contributed by atoms with E-state index < -0.39 is 17.2 Å². The van der Waals surface area contributed by atoms with Crippen LogP contribution in [0.4, 0.5) is 8.78 Å². The van der Waals surface area contributed by atoms with E-state index >= 15 is 0 Å². The molecular weight excluding hydrogens is 282 g/mol. The van der Waals surface area contributed by atoms with Gasteiger partial charge in [-0.05, 0) is 28.1 Å². The molecule has 0 saturated carbocycles. The molecule has 1 heterocycles. The van der Waals surface area contributed by atoms with Gasteiger partial charge in [-0.15, -0.1) is 0 Å². The highest BCUT2D eigenvalue weighted by Gasteiger charge is 2.13. The third-order valence-electron chi connectivity index (χ3n) is 2.28. The second kappa shape index (κ2) is 3.95. The number of aromatic amines is 1. The number of aromatic nitrogens is 1. The lowest BCUT2D eigenvalue weighted by Crippen LogP contribution is -2.16. The summed E-state index contributed by atoms with van der Waals surface area (Å²) >= 11 is 2.89. The first-order chi connectivity index (χ1) is 7.54. The van der Waals surface area contributed by atoms with Crippen molar-refractivity contribution >= 4 is 26.8 Å². The van der Waals surface area contributed by atoms with Gasteiger partial charge in [0, 0.05) is 17.5 Å². The maximum atomic E-state index is 13.6. The third-order valence-corrected chi connectivity index (χ3v) is 2.85. The monoisotopic (exact) mass is 288 g/mol. The summed E-state index contributed by atoms with van der Waals surface area (Å²) in [7, 11) is 0. The zero-order valence-electron chi connectivity index (χ0n) is 7.98. The molecule has 0 aliphatic heterocycles. The van der Waals surface area contributed by atoms with Crippen LogP contribution in [-0.2, 0) is 6.54 Å². The zero-order chi connectivity index (χ0) is 11.9. The molecule has 0 aliphatic carbocycles. The van der Waals surface area contributed by atoms with Gasteiger partial charge in [0.2, 0.25) is 0 Å². The Morgan fingerprint density at radius 1 is 1.38 bits per heavy atom. The first-order valence-corrected chi connectivity index (χ1v) is 5.23. The minimum Gasteiger partial charge on any atom is -0.326 e. The van der Waals surface area contributed by atoms with E-state index in [1.54, 1.807) is 0 Å². The minimum atomic E-state index is -0.691. The Morgan fingerprint density at radius 2 is 2.06 bits per heavy atom. The molecule has 0 bridgehead atoms. The van der Waals surface area contributed by atoms with E-state index in [9.17, 15) is 13.6 Å². The maximum absolute atomic E-state index is 13.6. The SMILES string of the molecule is NCc1cc2c(F)c(Br)cc(F)c2[nH]c1=O. The van der Waals surface area contributed by atoms with Gasteiger partial charge in [-0.2, -0.15) is 0 Å². The normalized spacial score (nSPS) is 11.0. The standard InChI is InChI=1S/C10H7BrF2N2O/c11-6-2-7(12)9-5(8(6)13)1-4(3-14)10(16)15-9/h1-2H,3,14H2,(H,15,16). The van der Waals surface area contributed by atoms with Crippen LogP contribution in [-0.4, -0.2) is 4.98 Å². The smallest absolute Gasteiger partial charge is 0.253 e. The second-order valence-electron chi connectivity index (χ2n) is 3.27. The summed E-state index contributed by atoms with van der Waals surface area (Å²) < 4.78 is 27.1. The Morgan fingerprint density at radius 3 is 2.69 bits per heavy atom. The number of nitrogens with one attached hydrogen (secondary N) is 1. The highest BCUT2D eigenvalue weighted by atomic mass is 79.9. The van der Waals surface area contributed by atoms with Crippen LogP contribution in [0, 0.1) is 11.6 Å². The van der Waals surface area contributed by atoms with Crippen LogP contribution in [0.5, 0.6) is 0 Å². The third kappa shape index (κ3) is 1.64. The lowest BCUT2D eigenvalue weighted by atomic mass is 10.1. The van der Waals surface area contributed by atoms with E-state index in [2.05, 4.69) is 20.9 Å². The van der Waals surface area contributed by atoms with E-state index in [4.69, 9.17) is 5.73 Å². The van der Waals surface area contributed by atoms with Crippen LogP contribution in [0.25, 0.3) is 10.9 Å². The molecule has 0 spiro atoms. The minimum absolute atomic E-state index is 0.00641. The second-order valence-corrected chi connectivity index (χ2v) is 4.13. The van der Waals surface area contributed by atoms with Crippen LogP contribution < -0.4 is 11.3 Å². The highest BCUT2D eigenvalue weighted by molar-refractivity contribution is 9.10. The molecule has 3 nitrogen and oxygen atoms in total. The number of hydrogen-bond acceptors (Lipinski definition) is 2. The summed E-state index contributed by atoms with van der Waals surface area (Å²) in [5.74, 6) is -1.31. The van der Waals surface area contributed by atoms with E-state index in [0.717, 1.165) is 6.07 Å². The number of pyridine rings is 1. The van der Waals surface area contributed by atoms with Crippen LogP contribution in [0.15, 0.2) is 21.4 Å². The van der Waals surface area contributed by atoms with Gasteiger partial charge in [0.25, 0.3) is 5.56 Å². The zero-order valence-corrected chi connectivity index (χ0v) is 9.57. The van der Waals surface area contributed by atoms with Crippen LogP contribution in [0.3, 0.4) is 0 Å². The largest absolute Gasteiger partial charge is 0.326 e. The first kappa shape index (κ1) is 11.2. The Hall–Kier alpha value is -1.27. The Labute approximate surface area is 97.4 Å². The highest BCUT2D eigenvalue weighted by Crippen LogP contribution is 2.26. The van der Waals surface area contributed by atoms with E-state index in [-0.39, 0.29) is 27.5 Å². The number of halogens is 3. The summed E-state index contributed by atoms with van der Waals surface area (Å²) in [6.07, 6.45) is 0. The average Bonchev–Trinajstić information content (AvgIpc) is 2.25. The number of hydrogen-bond donors (Lipinski definition) is 2. The van der Waals surface area contributed by atoms with E-state index in [0.29, 0.717) is 0 Å². The Bertz CT molecular complexity index is 624. The van der Waals surface area contributed by atoms with Gasteiger partial charge in [-0.25, -0.2) is 8.78 Å². The van der Waals surface area contributed by atoms with Gasteiger partial charge >= 0.3 is 0 Å². The van der Waals surface area contributed by atoms with Gasteiger partial charge in [0.05, 0.1) is 9.99 Å². The van der Waals surface area contributed by atoms with Crippen molar-refractivity contribution in [1.29, 1.82) is 0 Å². The van der Waals surface area contributed by atoms with Gasteiger partial charge in [0.15, 0.2) is 0 Å². The summed E-state index contributed by atoms with van der Waals surface area (Å²) in [6, 6.07) is 2.23. The van der Waals surface area contributed by atoms with Crippen molar-refractivity contribution in [2.24, 2.45) is 5.73 Å². The van der Waals surface area contributed by atoms with Crippen molar-refractivity contribution in [3.8, 4) is 0 Å². The van der Waals surface area contributed by atoms with Crippen LogP contribution >= 0.6 is 15.9 Å². The summed E-state index contributed by atoms with van der Waals surface area (Å²) in [5, 5.41) is 0.00641.